The predicted octanol–water partition coefficient (Wildman–Crippen LogP) is 15.5. The molecule has 0 saturated heterocycles. The number of aryl methyl sites for hydroxylation is 4. The lowest BCUT2D eigenvalue weighted by molar-refractivity contribution is 1.06. The van der Waals surface area contributed by atoms with Crippen LogP contribution >= 0.6 is 0 Å². The molecule has 0 aliphatic heterocycles. The quantitative estimate of drug-likeness (QED) is 0.160. The molecule has 12 rings (SSSR count). The summed E-state index contributed by atoms with van der Waals surface area (Å²) < 4.78 is 4.69. The fourth-order valence-corrected chi connectivity index (χ4v) is 10.2. The Bertz CT molecular complexity index is 3960. The maximum Gasteiger partial charge on any atom is 0.165 e. The molecule has 6 heteroatoms. The Kier molecular flexibility index (Phi) is 9.67. The normalized spacial score (nSPS) is 11.5. The fraction of sp³-hybridized carbons (Fsp3) is 0.0645. The van der Waals surface area contributed by atoms with Gasteiger partial charge in [0.25, 0.3) is 0 Å². The van der Waals surface area contributed by atoms with Crippen LogP contribution in [0.2, 0.25) is 0 Å². The molecule has 9 aromatic carbocycles. The number of aromatic nitrogens is 5. The summed E-state index contributed by atoms with van der Waals surface area (Å²) in [6, 6.07) is 70.8. The van der Waals surface area contributed by atoms with Crippen molar-refractivity contribution >= 4 is 43.6 Å². The third-order valence-corrected chi connectivity index (χ3v) is 13.4. The topological polar surface area (TPSA) is 72.3 Å². The van der Waals surface area contributed by atoms with Crippen LogP contribution in [0.25, 0.3) is 111 Å². The third kappa shape index (κ3) is 6.75. The van der Waals surface area contributed by atoms with E-state index in [-0.39, 0.29) is 0 Å². The number of para-hydroxylation sites is 2. The van der Waals surface area contributed by atoms with Gasteiger partial charge in [-0.3, -0.25) is 0 Å². The third-order valence-electron chi connectivity index (χ3n) is 13.4. The molecule has 0 fully saturated rings. The SMILES string of the molecule is Cc1ccc(-c2ccc3c(c2)c2ccccc2n3-c2cc(C#N)c(-c3nc(-c4ccccc4)nc(-c4ccccc4)n3)cc2-n2c3ccccc3c3cc(-c4ccc(C)cc4C)ccc32)c(C)c1. The average molecular weight is 873 g/mol. The van der Waals surface area contributed by atoms with E-state index in [0.717, 1.165) is 77.2 Å². The lowest BCUT2D eigenvalue weighted by Gasteiger charge is -2.19. The van der Waals surface area contributed by atoms with E-state index >= 15 is 0 Å². The number of rotatable bonds is 7. The van der Waals surface area contributed by atoms with Gasteiger partial charge < -0.3 is 9.13 Å². The summed E-state index contributed by atoms with van der Waals surface area (Å²) >= 11 is 0. The molecule has 0 saturated carbocycles. The van der Waals surface area contributed by atoms with Crippen molar-refractivity contribution in [2.75, 3.05) is 0 Å². The molecule has 0 radical (unpaired) electrons. The van der Waals surface area contributed by atoms with E-state index in [1.165, 1.54) is 33.4 Å². The largest absolute Gasteiger partial charge is 0.307 e. The van der Waals surface area contributed by atoms with E-state index in [2.05, 4.69) is 170 Å². The minimum Gasteiger partial charge on any atom is -0.307 e. The highest BCUT2D eigenvalue weighted by atomic mass is 15.1. The molecule has 0 amide bonds. The van der Waals surface area contributed by atoms with Gasteiger partial charge in [0.15, 0.2) is 17.5 Å². The van der Waals surface area contributed by atoms with E-state index in [1.807, 2.05) is 66.7 Å². The molecule has 6 nitrogen and oxygen atoms in total. The van der Waals surface area contributed by atoms with E-state index in [9.17, 15) is 5.26 Å². The van der Waals surface area contributed by atoms with Crippen LogP contribution in [0.4, 0.5) is 0 Å². The number of nitriles is 1. The lowest BCUT2D eigenvalue weighted by atomic mass is 9.97. The van der Waals surface area contributed by atoms with Gasteiger partial charge in [-0.15, -0.1) is 0 Å². The van der Waals surface area contributed by atoms with E-state index in [0.29, 0.717) is 28.6 Å². The molecule has 12 aromatic rings. The molecule has 0 unspecified atom stereocenters. The van der Waals surface area contributed by atoms with Crippen LogP contribution in [-0.4, -0.2) is 24.1 Å². The van der Waals surface area contributed by atoms with Crippen molar-refractivity contribution in [3.8, 4) is 73.9 Å². The second kappa shape index (κ2) is 16.2. The summed E-state index contributed by atoms with van der Waals surface area (Å²) in [5.74, 6) is 1.48. The van der Waals surface area contributed by atoms with Crippen LogP contribution in [0, 0.1) is 39.0 Å². The Labute approximate surface area is 394 Å². The number of fused-ring (bicyclic) bond motifs is 6. The second-order valence-corrected chi connectivity index (χ2v) is 17.8. The van der Waals surface area contributed by atoms with Crippen molar-refractivity contribution in [3.63, 3.8) is 0 Å². The Morgan fingerprint density at radius 3 is 1.25 bits per heavy atom. The predicted molar refractivity (Wildman–Crippen MR) is 279 cm³/mol. The van der Waals surface area contributed by atoms with E-state index in [1.54, 1.807) is 0 Å². The average Bonchev–Trinajstić information content (AvgIpc) is 3.88. The van der Waals surface area contributed by atoms with Gasteiger partial charge in [-0.1, -0.05) is 157 Å². The smallest absolute Gasteiger partial charge is 0.165 e. The highest BCUT2D eigenvalue weighted by Crippen LogP contribution is 2.43. The summed E-state index contributed by atoms with van der Waals surface area (Å²) in [7, 11) is 0. The van der Waals surface area contributed by atoms with Crippen molar-refractivity contribution < 1.29 is 0 Å². The zero-order valence-corrected chi connectivity index (χ0v) is 38.2. The number of hydrogen-bond donors (Lipinski definition) is 0. The molecule has 322 valence electrons. The maximum atomic E-state index is 11.3. The first-order valence-electron chi connectivity index (χ1n) is 23.0. The van der Waals surface area contributed by atoms with E-state index < -0.39 is 0 Å². The monoisotopic (exact) mass is 872 g/mol. The zero-order valence-electron chi connectivity index (χ0n) is 38.2. The van der Waals surface area contributed by atoms with Gasteiger partial charge >= 0.3 is 0 Å². The van der Waals surface area contributed by atoms with Gasteiger partial charge in [-0.2, -0.15) is 5.26 Å². The number of benzene rings is 9. The highest BCUT2D eigenvalue weighted by Gasteiger charge is 2.25. The molecule has 0 aliphatic rings. The first-order chi connectivity index (χ1) is 33.3. The molecule has 0 atom stereocenters. The lowest BCUT2D eigenvalue weighted by Crippen LogP contribution is -2.07. The standard InChI is InChI=1S/C62H44N6/c1-38-23-27-47(40(3)31-38)44-25-29-56-52(33-44)49-19-11-13-21-54(49)67(56)58-35-46(37-63)51(62-65-60(42-15-7-5-8-16-42)64-61(66-62)43-17-9-6-10-18-43)36-59(58)68-55-22-14-12-20-50(55)53-34-45(26-30-57(53)68)48-28-24-39(2)32-41(48)4/h5-36H,1-4H3. The van der Waals surface area contributed by atoms with Crippen molar-refractivity contribution in [3.05, 3.63) is 222 Å². The van der Waals surface area contributed by atoms with Crippen molar-refractivity contribution in [2.24, 2.45) is 0 Å². The summed E-state index contributed by atoms with van der Waals surface area (Å²) in [6.45, 7) is 8.64. The molecule has 3 aromatic heterocycles. The van der Waals surface area contributed by atoms with Gasteiger partial charge in [0.2, 0.25) is 0 Å². The van der Waals surface area contributed by atoms with Crippen LogP contribution < -0.4 is 0 Å². The molecule has 0 spiro atoms. The molecular weight excluding hydrogens is 829 g/mol. The maximum absolute atomic E-state index is 11.3. The zero-order chi connectivity index (χ0) is 46.0. The summed E-state index contributed by atoms with van der Waals surface area (Å²) in [4.78, 5) is 15.3. The Morgan fingerprint density at radius 1 is 0.353 bits per heavy atom. The molecular formula is C62H44N6. The molecule has 0 bridgehead atoms. The van der Waals surface area contributed by atoms with Gasteiger partial charge in [0.05, 0.1) is 45.1 Å². The van der Waals surface area contributed by atoms with Crippen LogP contribution in [-0.2, 0) is 0 Å². The first kappa shape index (κ1) is 40.6. The van der Waals surface area contributed by atoms with Crippen molar-refractivity contribution in [1.82, 2.24) is 24.1 Å². The van der Waals surface area contributed by atoms with Crippen molar-refractivity contribution in [1.29, 1.82) is 5.26 Å². The number of hydrogen-bond acceptors (Lipinski definition) is 4. The van der Waals surface area contributed by atoms with Crippen molar-refractivity contribution in [2.45, 2.75) is 27.7 Å². The molecule has 3 heterocycles. The Balaban J connectivity index is 1.18. The summed E-state index contributed by atoms with van der Waals surface area (Å²) in [6.07, 6.45) is 0. The Hall–Kier alpha value is -8.92. The summed E-state index contributed by atoms with van der Waals surface area (Å²) in [5.41, 5.74) is 18.4. The molecule has 68 heavy (non-hydrogen) atoms. The Morgan fingerprint density at radius 2 is 0.779 bits per heavy atom. The molecule has 0 aliphatic carbocycles. The second-order valence-electron chi connectivity index (χ2n) is 17.8. The van der Waals surface area contributed by atoms with Crippen LogP contribution in [0.1, 0.15) is 27.8 Å². The van der Waals surface area contributed by atoms with Crippen LogP contribution in [0.15, 0.2) is 194 Å². The van der Waals surface area contributed by atoms with Gasteiger partial charge in [0.1, 0.15) is 0 Å². The van der Waals surface area contributed by atoms with Gasteiger partial charge in [-0.25, -0.2) is 15.0 Å². The van der Waals surface area contributed by atoms with E-state index in [4.69, 9.17) is 15.0 Å². The fourth-order valence-electron chi connectivity index (χ4n) is 10.2. The minimum atomic E-state index is 0.417. The van der Waals surface area contributed by atoms with Gasteiger partial charge in [-0.05, 0) is 110 Å². The highest BCUT2D eigenvalue weighted by molar-refractivity contribution is 6.13. The molecule has 0 N–H and O–H groups in total. The number of nitrogens with zero attached hydrogens (tertiary/aromatic N) is 6. The minimum absolute atomic E-state index is 0.417. The summed E-state index contributed by atoms with van der Waals surface area (Å²) in [5, 5.41) is 15.8. The van der Waals surface area contributed by atoms with Gasteiger partial charge in [0, 0.05) is 38.2 Å². The van der Waals surface area contributed by atoms with Crippen LogP contribution in [0.3, 0.4) is 0 Å². The first-order valence-corrected chi connectivity index (χ1v) is 23.0. The van der Waals surface area contributed by atoms with Crippen LogP contribution in [0.5, 0.6) is 0 Å².